The van der Waals surface area contributed by atoms with Crippen LogP contribution in [0.25, 0.3) is 0 Å². The Bertz CT molecular complexity index is 487. The lowest BCUT2D eigenvalue weighted by atomic mass is 10.0. The van der Waals surface area contributed by atoms with Crippen LogP contribution < -0.4 is 10.6 Å². The molecule has 0 spiro atoms. The van der Waals surface area contributed by atoms with E-state index in [1.54, 1.807) is 0 Å². The Labute approximate surface area is 117 Å². The van der Waals surface area contributed by atoms with Crippen LogP contribution in [0.3, 0.4) is 0 Å². The molecule has 1 rings (SSSR count). The molecule has 0 heterocycles. The van der Waals surface area contributed by atoms with Crippen molar-refractivity contribution in [2.45, 2.75) is 32.4 Å². The standard InChI is InChI=1S/C14H18N2O4/c1-9(14(19)20)15-13(18)12(16-10(2)17)8-11-6-4-3-5-7-11/h3-7,9,12H,8H2,1-2H3,(H,15,18)(H,16,17)(H,19,20)/t9-,12-/m1/s1. The summed E-state index contributed by atoms with van der Waals surface area (Å²) in [4.78, 5) is 33.9. The van der Waals surface area contributed by atoms with Crippen molar-refractivity contribution >= 4 is 17.8 Å². The highest BCUT2D eigenvalue weighted by Gasteiger charge is 2.23. The van der Waals surface area contributed by atoms with Crippen LogP contribution in [0, 0.1) is 0 Å². The number of amides is 2. The van der Waals surface area contributed by atoms with Gasteiger partial charge in [0.2, 0.25) is 11.8 Å². The molecule has 0 fully saturated rings. The van der Waals surface area contributed by atoms with Gasteiger partial charge in [-0.3, -0.25) is 14.4 Å². The number of hydrogen-bond donors (Lipinski definition) is 3. The van der Waals surface area contributed by atoms with E-state index in [4.69, 9.17) is 5.11 Å². The van der Waals surface area contributed by atoms with Gasteiger partial charge in [0.15, 0.2) is 0 Å². The van der Waals surface area contributed by atoms with Gasteiger partial charge in [-0.1, -0.05) is 30.3 Å². The Hall–Kier alpha value is -2.37. The lowest BCUT2D eigenvalue weighted by Gasteiger charge is -2.19. The van der Waals surface area contributed by atoms with Gasteiger partial charge in [-0.05, 0) is 12.5 Å². The zero-order valence-corrected chi connectivity index (χ0v) is 11.4. The maximum Gasteiger partial charge on any atom is 0.325 e. The third-order valence-corrected chi connectivity index (χ3v) is 2.71. The summed E-state index contributed by atoms with van der Waals surface area (Å²) in [5.74, 6) is -1.98. The largest absolute Gasteiger partial charge is 0.480 e. The van der Waals surface area contributed by atoms with Crippen molar-refractivity contribution < 1.29 is 19.5 Å². The van der Waals surface area contributed by atoms with Crippen molar-refractivity contribution in [3.63, 3.8) is 0 Å². The molecule has 3 N–H and O–H groups in total. The molecule has 0 bridgehead atoms. The van der Waals surface area contributed by atoms with E-state index in [0.29, 0.717) is 6.42 Å². The maximum absolute atomic E-state index is 12.0. The monoisotopic (exact) mass is 278 g/mol. The van der Waals surface area contributed by atoms with Gasteiger partial charge >= 0.3 is 5.97 Å². The Morgan fingerprint density at radius 2 is 1.75 bits per heavy atom. The Morgan fingerprint density at radius 1 is 1.15 bits per heavy atom. The van der Waals surface area contributed by atoms with Crippen LogP contribution in [-0.2, 0) is 20.8 Å². The molecular weight excluding hydrogens is 260 g/mol. The van der Waals surface area contributed by atoms with E-state index >= 15 is 0 Å². The number of nitrogens with one attached hydrogen (secondary N) is 2. The average Bonchev–Trinajstić information content (AvgIpc) is 2.38. The molecule has 0 unspecified atom stereocenters. The topological polar surface area (TPSA) is 95.5 Å². The molecule has 1 aromatic rings. The van der Waals surface area contributed by atoms with Crippen LogP contribution in [0.15, 0.2) is 30.3 Å². The highest BCUT2D eigenvalue weighted by molar-refractivity contribution is 5.90. The molecule has 2 amide bonds. The predicted octanol–water partition coefficient (Wildman–Crippen LogP) is 0.323. The average molecular weight is 278 g/mol. The Morgan fingerprint density at radius 3 is 2.25 bits per heavy atom. The first-order chi connectivity index (χ1) is 9.40. The summed E-state index contributed by atoms with van der Waals surface area (Å²) in [6.45, 7) is 2.68. The van der Waals surface area contributed by atoms with Gasteiger partial charge in [0.1, 0.15) is 12.1 Å². The number of carbonyl (C=O) groups is 3. The van der Waals surface area contributed by atoms with Crippen LogP contribution in [-0.4, -0.2) is 35.0 Å². The third-order valence-electron chi connectivity index (χ3n) is 2.71. The molecule has 0 aromatic heterocycles. The summed E-state index contributed by atoms with van der Waals surface area (Å²) in [7, 11) is 0. The quantitative estimate of drug-likeness (QED) is 0.698. The highest BCUT2D eigenvalue weighted by Crippen LogP contribution is 2.04. The molecule has 0 aliphatic heterocycles. The number of carboxylic acid groups (broad SMARTS) is 1. The summed E-state index contributed by atoms with van der Waals surface area (Å²) >= 11 is 0. The predicted molar refractivity (Wildman–Crippen MR) is 73.0 cm³/mol. The Balaban J connectivity index is 2.75. The lowest BCUT2D eigenvalue weighted by Crippen LogP contribution is -2.51. The zero-order chi connectivity index (χ0) is 15.1. The zero-order valence-electron chi connectivity index (χ0n) is 11.4. The first-order valence-corrected chi connectivity index (χ1v) is 6.24. The molecule has 0 aliphatic rings. The van der Waals surface area contributed by atoms with E-state index < -0.39 is 24.0 Å². The summed E-state index contributed by atoms with van der Waals surface area (Å²) in [6.07, 6.45) is 0.304. The van der Waals surface area contributed by atoms with Crippen LogP contribution in [0.2, 0.25) is 0 Å². The number of rotatable bonds is 6. The molecule has 108 valence electrons. The minimum atomic E-state index is -1.13. The fourth-order valence-corrected chi connectivity index (χ4v) is 1.68. The van der Waals surface area contributed by atoms with E-state index in [0.717, 1.165) is 5.56 Å². The molecule has 20 heavy (non-hydrogen) atoms. The van der Waals surface area contributed by atoms with Gasteiger partial charge < -0.3 is 15.7 Å². The second kappa shape index (κ2) is 7.28. The number of carbonyl (C=O) groups excluding carboxylic acids is 2. The van der Waals surface area contributed by atoms with Gasteiger partial charge in [0.25, 0.3) is 0 Å². The molecule has 0 saturated carbocycles. The van der Waals surface area contributed by atoms with Crippen molar-refractivity contribution in [2.75, 3.05) is 0 Å². The number of benzene rings is 1. The van der Waals surface area contributed by atoms with Crippen molar-refractivity contribution in [3.8, 4) is 0 Å². The SMILES string of the molecule is CC(=O)N[C@H](Cc1ccccc1)C(=O)N[C@H](C)C(=O)O. The molecule has 0 aliphatic carbocycles. The van der Waals surface area contributed by atoms with Crippen molar-refractivity contribution in [3.05, 3.63) is 35.9 Å². The summed E-state index contributed by atoms with van der Waals surface area (Å²) in [5.41, 5.74) is 0.879. The Kier molecular flexibility index (Phi) is 5.71. The van der Waals surface area contributed by atoms with Crippen LogP contribution in [0.5, 0.6) is 0 Å². The first kappa shape index (κ1) is 15.7. The lowest BCUT2D eigenvalue weighted by molar-refractivity contribution is -0.141. The van der Waals surface area contributed by atoms with Gasteiger partial charge in [-0.15, -0.1) is 0 Å². The molecule has 2 atom stereocenters. The summed E-state index contributed by atoms with van der Waals surface area (Å²) < 4.78 is 0. The van der Waals surface area contributed by atoms with E-state index in [9.17, 15) is 14.4 Å². The van der Waals surface area contributed by atoms with Gasteiger partial charge in [0.05, 0.1) is 0 Å². The first-order valence-electron chi connectivity index (χ1n) is 6.24. The fourth-order valence-electron chi connectivity index (χ4n) is 1.68. The summed E-state index contributed by atoms with van der Waals surface area (Å²) in [6, 6.07) is 7.39. The molecule has 0 radical (unpaired) electrons. The summed E-state index contributed by atoms with van der Waals surface area (Å²) in [5, 5.41) is 13.7. The third kappa shape index (κ3) is 5.09. The normalized spacial score (nSPS) is 13.1. The van der Waals surface area contributed by atoms with E-state index in [1.807, 2.05) is 30.3 Å². The van der Waals surface area contributed by atoms with E-state index in [2.05, 4.69) is 10.6 Å². The highest BCUT2D eigenvalue weighted by atomic mass is 16.4. The van der Waals surface area contributed by atoms with Crippen molar-refractivity contribution in [2.24, 2.45) is 0 Å². The van der Waals surface area contributed by atoms with Crippen molar-refractivity contribution in [1.29, 1.82) is 0 Å². The molecule has 6 heteroatoms. The van der Waals surface area contributed by atoms with Gasteiger partial charge in [-0.25, -0.2) is 0 Å². The second-order valence-corrected chi connectivity index (χ2v) is 4.51. The van der Waals surface area contributed by atoms with Gasteiger partial charge in [0, 0.05) is 13.3 Å². The molecule has 6 nitrogen and oxygen atoms in total. The minimum Gasteiger partial charge on any atom is -0.480 e. The fraction of sp³-hybridized carbons (Fsp3) is 0.357. The van der Waals surface area contributed by atoms with Crippen molar-refractivity contribution in [1.82, 2.24) is 10.6 Å². The van der Waals surface area contributed by atoms with Crippen LogP contribution in [0.1, 0.15) is 19.4 Å². The number of carboxylic acids is 1. The van der Waals surface area contributed by atoms with Gasteiger partial charge in [-0.2, -0.15) is 0 Å². The number of aliphatic carboxylic acids is 1. The molecular formula is C14H18N2O4. The maximum atomic E-state index is 12.0. The molecule has 1 aromatic carbocycles. The number of hydrogen-bond acceptors (Lipinski definition) is 3. The molecule has 0 saturated heterocycles. The van der Waals surface area contributed by atoms with E-state index in [-0.39, 0.29) is 5.91 Å². The van der Waals surface area contributed by atoms with Crippen LogP contribution in [0.4, 0.5) is 0 Å². The smallest absolute Gasteiger partial charge is 0.325 e. The second-order valence-electron chi connectivity index (χ2n) is 4.51. The minimum absolute atomic E-state index is 0.304. The van der Waals surface area contributed by atoms with Crippen LogP contribution >= 0.6 is 0 Å². The van der Waals surface area contributed by atoms with E-state index in [1.165, 1.54) is 13.8 Å².